The summed E-state index contributed by atoms with van der Waals surface area (Å²) in [7, 11) is 0. The fraction of sp³-hybridized carbons (Fsp3) is 0.0345. The van der Waals surface area contributed by atoms with Crippen LogP contribution in [0.25, 0.3) is 22.6 Å². The van der Waals surface area contributed by atoms with Crippen LogP contribution in [0.15, 0.2) is 239 Å². The molecule has 0 saturated heterocycles. The van der Waals surface area contributed by atoms with Gasteiger partial charge >= 0.3 is 0 Å². The Hall–Kier alpha value is -8.08. The van der Waals surface area contributed by atoms with E-state index in [0.717, 1.165) is 102 Å². The fourth-order valence-corrected chi connectivity index (χ4v) is 10.9. The molecule has 0 amide bonds. The van der Waals surface area contributed by atoms with Crippen LogP contribution in [0.1, 0.15) is 44.9 Å². The van der Waals surface area contributed by atoms with Crippen LogP contribution < -0.4 is 9.80 Å². The van der Waals surface area contributed by atoms with Gasteiger partial charge in [-0.25, -0.2) is 0 Å². The van der Waals surface area contributed by atoms with Gasteiger partial charge in [0.2, 0.25) is 0 Å². The molecule has 10 aromatic rings. The second-order valence-corrected chi connectivity index (χ2v) is 16.3. The van der Waals surface area contributed by atoms with E-state index in [1.807, 2.05) is 0 Å². The van der Waals surface area contributed by atoms with Crippen LogP contribution in [0.4, 0.5) is 34.1 Å². The van der Waals surface area contributed by atoms with Gasteiger partial charge in [0.1, 0.15) is 33.9 Å². The van der Waals surface area contributed by atoms with Crippen LogP contribution in [-0.4, -0.2) is 0 Å². The second kappa shape index (κ2) is 13.2. The maximum absolute atomic E-state index is 7.71. The number of para-hydroxylation sites is 6. The molecule has 0 bridgehead atoms. The van der Waals surface area contributed by atoms with Crippen molar-refractivity contribution >= 4 is 34.1 Å². The highest BCUT2D eigenvalue weighted by Crippen LogP contribution is 2.69. The molecule has 4 heterocycles. The largest absolute Gasteiger partial charge is 0.459 e. The Bertz CT molecular complexity index is 2950. The fourth-order valence-electron chi connectivity index (χ4n) is 10.9. The first-order valence-corrected chi connectivity index (χ1v) is 21.3. The van der Waals surface area contributed by atoms with Gasteiger partial charge in [-0.2, -0.15) is 0 Å². The molecule has 62 heavy (non-hydrogen) atoms. The van der Waals surface area contributed by atoms with E-state index in [0.29, 0.717) is 0 Å². The Kier molecular flexibility index (Phi) is 7.40. The summed E-state index contributed by atoms with van der Waals surface area (Å²) >= 11 is 0. The number of fused-ring (bicyclic) bond motifs is 14. The van der Waals surface area contributed by atoms with E-state index in [1.54, 1.807) is 0 Å². The molecule has 0 N–H and O–H groups in total. The maximum atomic E-state index is 7.71. The summed E-state index contributed by atoms with van der Waals surface area (Å²) in [5, 5.41) is 0. The molecule has 0 fully saturated rings. The quantitative estimate of drug-likeness (QED) is 0.178. The van der Waals surface area contributed by atoms with E-state index in [4.69, 9.17) is 8.83 Å². The minimum Gasteiger partial charge on any atom is -0.459 e. The molecule has 4 heteroatoms. The van der Waals surface area contributed by atoms with Gasteiger partial charge in [0.15, 0.2) is 0 Å². The molecule has 2 aliphatic heterocycles. The molecule has 3 aliphatic rings. The van der Waals surface area contributed by atoms with Crippen LogP contribution in [0.2, 0.25) is 0 Å². The molecular weight excluding hydrogens is 757 g/mol. The predicted molar refractivity (Wildman–Crippen MR) is 249 cm³/mol. The number of benzene rings is 8. The number of hydrogen-bond donors (Lipinski definition) is 0. The topological polar surface area (TPSA) is 32.8 Å². The lowest BCUT2D eigenvalue weighted by molar-refractivity contribution is 0.400. The van der Waals surface area contributed by atoms with Crippen molar-refractivity contribution in [1.82, 2.24) is 0 Å². The monoisotopic (exact) mass is 794 g/mol. The first-order valence-electron chi connectivity index (χ1n) is 21.3. The molecule has 8 aromatic carbocycles. The summed E-state index contributed by atoms with van der Waals surface area (Å²) in [6.07, 6.45) is 0. The summed E-state index contributed by atoms with van der Waals surface area (Å²) in [5.74, 6) is 3.39. The lowest BCUT2D eigenvalue weighted by Crippen LogP contribution is -2.48. The second-order valence-electron chi connectivity index (χ2n) is 16.3. The molecule has 0 radical (unpaired) electrons. The third kappa shape index (κ3) is 4.55. The zero-order valence-electron chi connectivity index (χ0n) is 33.7. The van der Waals surface area contributed by atoms with Crippen LogP contribution >= 0.6 is 0 Å². The number of furan rings is 2. The molecule has 292 valence electrons. The summed E-state index contributed by atoms with van der Waals surface area (Å²) in [4.78, 5) is 4.81. The Balaban J connectivity index is 1.23. The third-order valence-corrected chi connectivity index (χ3v) is 13.3. The highest BCUT2D eigenvalue weighted by Gasteiger charge is 2.63. The first kappa shape index (κ1) is 34.8. The molecule has 0 unspecified atom stereocenters. The molecule has 2 spiro atoms. The number of hydrogen-bond acceptors (Lipinski definition) is 4. The first-order chi connectivity index (χ1) is 30.8. The summed E-state index contributed by atoms with van der Waals surface area (Å²) in [5.41, 5.74) is 13.3. The summed E-state index contributed by atoms with van der Waals surface area (Å²) in [6.45, 7) is 0. The van der Waals surface area contributed by atoms with Gasteiger partial charge in [-0.1, -0.05) is 170 Å². The summed E-state index contributed by atoms with van der Waals surface area (Å²) < 4.78 is 15.4. The van der Waals surface area contributed by atoms with Crippen LogP contribution in [0, 0.1) is 0 Å². The Morgan fingerprint density at radius 3 is 0.871 bits per heavy atom. The van der Waals surface area contributed by atoms with Crippen LogP contribution in [-0.2, 0) is 10.8 Å². The predicted octanol–water partition coefficient (Wildman–Crippen LogP) is 14.9. The van der Waals surface area contributed by atoms with Gasteiger partial charge in [-0.05, 0) is 82.9 Å². The molecule has 0 saturated carbocycles. The molecule has 4 nitrogen and oxygen atoms in total. The van der Waals surface area contributed by atoms with Crippen molar-refractivity contribution < 1.29 is 8.83 Å². The minimum absolute atomic E-state index is 0.809. The minimum atomic E-state index is -0.932. The lowest BCUT2D eigenvalue weighted by atomic mass is 9.53. The van der Waals surface area contributed by atoms with E-state index in [2.05, 4.69) is 240 Å². The van der Waals surface area contributed by atoms with Crippen molar-refractivity contribution in [2.45, 2.75) is 10.8 Å². The van der Waals surface area contributed by atoms with Crippen molar-refractivity contribution in [3.63, 3.8) is 0 Å². The molecular formula is C58H38N2O2. The van der Waals surface area contributed by atoms with Crippen LogP contribution in [0.5, 0.6) is 0 Å². The molecule has 1 aliphatic carbocycles. The van der Waals surface area contributed by atoms with Gasteiger partial charge < -0.3 is 18.6 Å². The van der Waals surface area contributed by atoms with Crippen molar-refractivity contribution in [1.29, 1.82) is 0 Å². The van der Waals surface area contributed by atoms with Gasteiger partial charge in [0.25, 0.3) is 0 Å². The Morgan fingerprint density at radius 2 is 0.548 bits per heavy atom. The Morgan fingerprint density at radius 1 is 0.274 bits per heavy atom. The van der Waals surface area contributed by atoms with Gasteiger partial charge in [-0.3, -0.25) is 0 Å². The Labute approximate surface area is 360 Å². The zero-order valence-corrected chi connectivity index (χ0v) is 33.7. The van der Waals surface area contributed by atoms with Crippen LogP contribution in [0.3, 0.4) is 0 Å². The van der Waals surface area contributed by atoms with E-state index in [1.165, 1.54) is 0 Å². The normalized spacial score (nSPS) is 14.6. The van der Waals surface area contributed by atoms with E-state index >= 15 is 0 Å². The smallest absolute Gasteiger partial charge is 0.134 e. The number of nitrogens with zero attached hydrogens (tertiary/aromatic N) is 2. The lowest BCUT2D eigenvalue weighted by Gasteiger charge is -2.52. The summed E-state index contributed by atoms with van der Waals surface area (Å²) in [6, 6.07) is 82.6. The standard InChI is InChI=1S/C58H38N2O2/c1-5-21-39(22-6-1)53-37-47-55(61-53)58(45-31-15-19-35-51(45)60(42-27-11-4-12-28-42)52-36-20-16-32-46(52)58)48-38-54(40-23-7-2-8-24-40)62-56(48)57(47)43-29-13-17-33-49(43)59(41-25-9-3-10-26-41)50-34-18-14-30-44(50)57/h1-38H. The molecule has 13 rings (SSSR count). The van der Waals surface area contributed by atoms with Crippen molar-refractivity contribution in [2.75, 3.05) is 9.80 Å². The van der Waals surface area contributed by atoms with Crippen molar-refractivity contribution in [2.24, 2.45) is 0 Å². The van der Waals surface area contributed by atoms with Gasteiger partial charge in [0.05, 0.1) is 22.7 Å². The highest BCUT2D eigenvalue weighted by atomic mass is 16.4. The van der Waals surface area contributed by atoms with Gasteiger partial charge in [0, 0.05) is 33.6 Å². The average molecular weight is 795 g/mol. The average Bonchev–Trinajstić information content (AvgIpc) is 4.01. The number of anilines is 6. The van der Waals surface area contributed by atoms with Gasteiger partial charge in [-0.15, -0.1) is 0 Å². The van der Waals surface area contributed by atoms with E-state index in [-0.39, 0.29) is 0 Å². The number of rotatable bonds is 4. The molecule has 0 atom stereocenters. The maximum Gasteiger partial charge on any atom is 0.134 e. The van der Waals surface area contributed by atoms with Crippen molar-refractivity contribution in [3.05, 3.63) is 275 Å². The SMILES string of the molecule is c1ccc(-c2cc3c(o2)C2(c4ccccc4N(c4ccccc4)c4ccccc42)c2cc(-c4ccccc4)oc2C32c3ccccc3N(c3ccccc3)c3ccccc32)cc1. The van der Waals surface area contributed by atoms with E-state index < -0.39 is 10.8 Å². The highest BCUT2D eigenvalue weighted by molar-refractivity contribution is 5.95. The molecule has 2 aromatic heterocycles. The van der Waals surface area contributed by atoms with Crippen molar-refractivity contribution in [3.8, 4) is 22.6 Å². The van der Waals surface area contributed by atoms with E-state index in [9.17, 15) is 0 Å². The zero-order chi connectivity index (χ0) is 40.8. The third-order valence-electron chi connectivity index (χ3n) is 13.3.